The van der Waals surface area contributed by atoms with Crippen LogP contribution in [0.5, 0.6) is 0 Å². The van der Waals surface area contributed by atoms with Gasteiger partial charge in [-0.2, -0.15) is 0 Å². The van der Waals surface area contributed by atoms with E-state index >= 15 is 0 Å². The second-order valence-electron chi connectivity index (χ2n) is 6.76. The number of ether oxygens (including phenoxy) is 1. The van der Waals surface area contributed by atoms with Crippen LogP contribution in [0.2, 0.25) is 0 Å². The molecule has 0 radical (unpaired) electrons. The van der Waals surface area contributed by atoms with E-state index in [1.807, 2.05) is 51.1 Å². The van der Waals surface area contributed by atoms with E-state index in [0.29, 0.717) is 0 Å². The molecule has 0 aliphatic rings. The number of sulfone groups is 1. The third-order valence-electron chi connectivity index (χ3n) is 3.25. The summed E-state index contributed by atoms with van der Waals surface area (Å²) in [7, 11) is -3.80. The third-order valence-corrected chi connectivity index (χ3v) is 4.91. The van der Waals surface area contributed by atoms with E-state index in [1.54, 1.807) is 18.2 Å². The number of hydrogen-bond donors (Lipinski definition) is 0. The van der Waals surface area contributed by atoms with Crippen LogP contribution in [0, 0.1) is 29.1 Å². The van der Waals surface area contributed by atoms with Crippen molar-refractivity contribution in [2.24, 2.45) is 5.41 Å². The molecule has 0 aromatic heterocycles. The molecule has 138 valence electrons. The minimum Gasteiger partial charge on any atom is -0.469 e. The Morgan fingerprint density at radius 1 is 1.00 bits per heavy atom. The van der Waals surface area contributed by atoms with Crippen LogP contribution in [0.4, 0.5) is 0 Å². The highest BCUT2D eigenvalue weighted by Crippen LogP contribution is 2.20. The topological polar surface area (TPSA) is 43.4 Å². The molecule has 0 amide bonds. The molecule has 0 spiro atoms. The first kappa shape index (κ1) is 20.4. The van der Waals surface area contributed by atoms with Crippen LogP contribution in [0.3, 0.4) is 0 Å². The molecule has 0 saturated heterocycles. The van der Waals surface area contributed by atoms with Gasteiger partial charge in [-0.25, -0.2) is 8.42 Å². The van der Waals surface area contributed by atoms with E-state index in [1.165, 1.54) is 18.2 Å². The zero-order valence-corrected chi connectivity index (χ0v) is 16.5. The van der Waals surface area contributed by atoms with Crippen molar-refractivity contribution < 1.29 is 13.2 Å². The van der Waals surface area contributed by atoms with Crippen LogP contribution in [0.25, 0.3) is 0 Å². The minimum absolute atomic E-state index is 0.0516. The van der Waals surface area contributed by atoms with E-state index in [-0.39, 0.29) is 22.0 Å². The molecule has 2 rings (SSSR count). The quantitative estimate of drug-likeness (QED) is 0.584. The Morgan fingerprint density at radius 2 is 1.59 bits per heavy atom. The molecule has 0 bridgehead atoms. The highest BCUT2D eigenvalue weighted by atomic mass is 32.2. The summed E-state index contributed by atoms with van der Waals surface area (Å²) in [6.45, 7) is 5.80. The molecule has 27 heavy (non-hydrogen) atoms. The fourth-order valence-corrected chi connectivity index (χ4v) is 3.17. The minimum atomic E-state index is -3.80. The van der Waals surface area contributed by atoms with Gasteiger partial charge in [-0.15, -0.1) is 0 Å². The van der Waals surface area contributed by atoms with Crippen molar-refractivity contribution >= 4 is 9.84 Å². The summed E-state index contributed by atoms with van der Waals surface area (Å²) < 4.78 is 31.2. The van der Waals surface area contributed by atoms with Crippen LogP contribution in [-0.4, -0.2) is 15.0 Å². The summed E-state index contributed by atoms with van der Waals surface area (Å²) >= 11 is 0. The van der Waals surface area contributed by atoms with Crippen molar-refractivity contribution in [2.45, 2.75) is 25.7 Å². The summed E-state index contributed by atoms with van der Waals surface area (Å²) in [6, 6.07) is 17.6. The number of hydrogen-bond acceptors (Lipinski definition) is 3. The van der Waals surface area contributed by atoms with Crippen LogP contribution >= 0.6 is 0 Å². The predicted molar refractivity (Wildman–Crippen MR) is 108 cm³/mol. The Labute approximate surface area is 162 Å². The van der Waals surface area contributed by atoms with Gasteiger partial charge in [-0.05, 0) is 45.0 Å². The van der Waals surface area contributed by atoms with E-state index < -0.39 is 9.84 Å². The summed E-state index contributed by atoms with van der Waals surface area (Å²) in [6.07, 6.45) is 1.30. The molecule has 3 nitrogen and oxygen atoms in total. The van der Waals surface area contributed by atoms with E-state index in [0.717, 1.165) is 5.56 Å². The third kappa shape index (κ3) is 6.70. The lowest BCUT2D eigenvalue weighted by Crippen LogP contribution is -2.09. The van der Waals surface area contributed by atoms with Gasteiger partial charge in [0.15, 0.2) is 0 Å². The Kier molecular flexibility index (Phi) is 6.88. The number of benzene rings is 2. The van der Waals surface area contributed by atoms with Crippen molar-refractivity contribution in [3.63, 3.8) is 0 Å². The van der Waals surface area contributed by atoms with Crippen LogP contribution in [-0.2, 0) is 14.6 Å². The Bertz CT molecular complexity index is 1010. The molecular weight excluding hydrogens is 356 g/mol. The summed E-state index contributed by atoms with van der Waals surface area (Å²) in [4.78, 5) is 0.157. The second-order valence-corrected chi connectivity index (χ2v) is 8.64. The van der Waals surface area contributed by atoms with Gasteiger partial charge in [0.2, 0.25) is 14.9 Å². The lowest BCUT2D eigenvalue weighted by Gasteiger charge is -2.09. The number of allylic oxidation sites excluding steroid dienone is 1. The molecular formula is C23H22O3S. The van der Waals surface area contributed by atoms with Crippen molar-refractivity contribution in [2.75, 3.05) is 6.61 Å². The standard InChI is InChI=1S/C23H22O3S/c1-23(2,3)18-10-17-22(27(24,25)21-15-8-5-9-16-21)26-19-11-14-20-12-6-4-7-13-20/h4-9,12-13,15-17H,19H2,1-3H3/b22-17+. The molecule has 4 heteroatoms. The Morgan fingerprint density at radius 3 is 2.19 bits per heavy atom. The fourth-order valence-electron chi connectivity index (χ4n) is 1.99. The summed E-state index contributed by atoms with van der Waals surface area (Å²) in [5.74, 6) is 11.6. The molecule has 0 heterocycles. The summed E-state index contributed by atoms with van der Waals surface area (Å²) in [5.41, 5.74) is 0.593. The Hall–Kier alpha value is -2.95. The lowest BCUT2D eigenvalue weighted by molar-refractivity contribution is 0.278. The molecule has 0 atom stereocenters. The maximum Gasteiger partial charge on any atom is 0.239 e. The van der Waals surface area contributed by atoms with Crippen LogP contribution < -0.4 is 0 Å². The molecule has 0 aliphatic carbocycles. The largest absolute Gasteiger partial charge is 0.469 e. The van der Waals surface area contributed by atoms with Gasteiger partial charge in [0.05, 0.1) is 4.90 Å². The predicted octanol–water partition coefficient (Wildman–Crippen LogP) is 4.42. The normalized spacial score (nSPS) is 11.6. The Balaban J connectivity index is 2.26. The van der Waals surface area contributed by atoms with Gasteiger partial charge in [0.1, 0.15) is 6.61 Å². The molecule has 0 aliphatic heterocycles. The zero-order chi connectivity index (χ0) is 19.8. The maximum atomic E-state index is 12.8. The molecule has 2 aromatic rings. The van der Waals surface area contributed by atoms with Gasteiger partial charge >= 0.3 is 0 Å². The van der Waals surface area contributed by atoms with Crippen molar-refractivity contribution in [3.8, 4) is 23.7 Å². The second kappa shape index (κ2) is 9.12. The van der Waals surface area contributed by atoms with Gasteiger partial charge in [-0.1, -0.05) is 60.1 Å². The fraction of sp³-hybridized carbons (Fsp3) is 0.217. The van der Waals surface area contributed by atoms with Crippen molar-refractivity contribution in [1.29, 1.82) is 0 Å². The molecule has 0 saturated carbocycles. The SMILES string of the molecule is CC(C)(C)C#C/C=C(\OCC#Cc1ccccc1)S(=O)(=O)c1ccccc1. The van der Waals surface area contributed by atoms with Gasteiger partial charge < -0.3 is 4.74 Å². The highest BCUT2D eigenvalue weighted by molar-refractivity contribution is 7.95. The van der Waals surface area contributed by atoms with E-state index in [4.69, 9.17) is 4.74 Å². The lowest BCUT2D eigenvalue weighted by atomic mass is 9.98. The van der Waals surface area contributed by atoms with Crippen LogP contribution in [0.1, 0.15) is 26.3 Å². The first-order valence-electron chi connectivity index (χ1n) is 8.49. The van der Waals surface area contributed by atoms with Gasteiger partial charge in [-0.3, -0.25) is 0 Å². The van der Waals surface area contributed by atoms with Crippen molar-refractivity contribution in [1.82, 2.24) is 0 Å². The van der Waals surface area contributed by atoms with E-state index in [2.05, 4.69) is 23.7 Å². The molecule has 2 aromatic carbocycles. The summed E-state index contributed by atoms with van der Waals surface area (Å²) in [5, 5.41) is -0.201. The average molecular weight is 378 g/mol. The molecule has 0 fully saturated rings. The first-order chi connectivity index (χ1) is 12.8. The highest BCUT2D eigenvalue weighted by Gasteiger charge is 2.21. The van der Waals surface area contributed by atoms with Gasteiger partial charge in [0.25, 0.3) is 0 Å². The molecule has 0 N–H and O–H groups in total. The van der Waals surface area contributed by atoms with Gasteiger partial charge in [0, 0.05) is 17.1 Å². The van der Waals surface area contributed by atoms with E-state index in [9.17, 15) is 8.42 Å². The monoisotopic (exact) mass is 378 g/mol. The zero-order valence-electron chi connectivity index (χ0n) is 15.7. The smallest absolute Gasteiger partial charge is 0.239 e. The average Bonchev–Trinajstić information content (AvgIpc) is 2.64. The van der Waals surface area contributed by atoms with Crippen LogP contribution in [0.15, 0.2) is 76.7 Å². The maximum absolute atomic E-state index is 12.8. The van der Waals surface area contributed by atoms with Crippen molar-refractivity contribution in [3.05, 3.63) is 77.4 Å². The molecule has 0 unspecified atom stereocenters. The number of rotatable bonds is 4. The first-order valence-corrected chi connectivity index (χ1v) is 9.97.